The van der Waals surface area contributed by atoms with Gasteiger partial charge in [-0.25, -0.2) is 13.5 Å². The van der Waals surface area contributed by atoms with E-state index in [0.29, 0.717) is 24.1 Å². The molecule has 0 saturated heterocycles. The molecule has 1 aliphatic carbocycles. The summed E-state index contributed by atoms with van der Waals surface area (Å²) in [6.07, 6.45) is 2.14. The van der Waals surface area contributed by atoms with Crippen molar-refractivity contribution in [2.45, 2.75) is 26.2 Å². The van der Waals surface area contributed by atoms with Crippen LogP contribution in [0.5, 0.6) is 0 Å². The number of nitrogens with zero attached hydrogens (tertiary/aromatic N) is 2. The van der Waals surface area contributed by atoms with Gasteiger partial charge < -0.3 is 0 Å². The zero-order valence-corrected chi connectivity index (χ0v) is 15.6. The predicted molar refractivity (Wildman–Crippen MR) is 102 cm³/mol. The molecule has 0 fully saturated rings. The van der Waals surface area contributed by atoms with Gasteiger partial charge in [0.15, 0.2) is 17.3 Å². The predicted octanol–water partition coefficient (Wildman–Crippen LogP) is 3.02. The normalized spacial score (nSPS) is 12.5. The van der Waals surface area contributed by atoms with Gasteiger partial charge in [0.1, 0.15) is 0 Å². The monoisotopic (exact) mass is 396 g/mol. The number of fused-ring (bicyclic) bond motifs is 1. The van der Waals surface area contributed by atoms with Crippen LogP contribution in [0.4, 0.5) is 8.78 Å². The molecule has 3 aromatic rings. The fraction of sp³-hybridized carbons (Fsp3) is 0.190. The fourth-order valence-electron chi connectivity index (χ4n) is 3.52. The average molecular weight is 396 g/mol. The third kappa shape index (κ3) is 3.49. The molecule has 1 aliphatic rings. The first-order valence-electron chi connectivity index (χ1n) is 9.18. The van der Waals surface area contributed by atoms with Crippen LogP contribution < -0.4 is 10.9 Å². The van der Waals surface area contributed by atoms with E-state index in [4.69, 9.17) is 0 Å². The van der Waals surface area contributed by atoms with E-state index >= 15 is 0 Å². The van der Waals surface area contributed by atoms with E-state index in [-0.39, 0.29) is 5.69 Å². The second-order valence-electron chi connectivity index (χ2n) is 6.86. The number of nitrogens with one attached hydrogen (secondary N) is 2. The number of carbonyl (C=O) groups is 2. The lowest BCUT2D eigenvalue weighted by atomic mass is 10.1. The van der Waals surface area contributed by atoms with Gasteiger partial charge >= 0.3 is 0 Å². The van der Waals surface area contributed by atoms with Gasteiger partial charge in [0.2, 0.25) is 0 Å². The van der Waals surface area contributed by atoms with Gasteiger partial charge in [-0.15, -0.1) is 0 Å². The van der Waals surface area contributed by atoms with Crippen molar-refractivity contribution in [1.82, 2.24) is 20.6 Å². The molecule has 8 heteroatoms. The van der Waals surface area contributed by atoms with Crippen LogP contribution >= 0.6 is 0 Å². The van der Waals surface area contributed by atoms with Crippen molar-refractivity contribution in [3.63, 3.8) is 0 Å². The highest BCUT2D eigenvalue weighted by molar-refractivity contribution is 5.99. The second-order valence-corrected chi connectivity index (χ2v) is 6.86. The Bertz CT molecular complexity index is 1120. The summed E-state index contributed by atoms with van der Waals surface area (Å²) < 4.78 is 28.4. The first kappa shape index (κ1) is 18.8. The van der Waals surface area contributed by atoms with Crippen molar-refractivity contribution >= 4 is 11.8 Å². The Balaban J connectivity index is 1.57. The Hall–Kier alpha value is -3.55. The molecule has 0 spiro atoms. The molecule has 148 valence electrons. The van der Waals surface area contributed by atoms with Crippen LogP contribution in [0.3, 0.4) is 0 Å². The van der Waals surface area contributed by atoms with E-state index in [1.165, 1.54) is 10.7 Å². The van der Waals surface area contributed by atoms with Gasteiger partial charge in [0.05, 0.1) is 5.69 Å². The molecule has 2 amide bonds. The molecule has 0 unspecified atom stereocenters. The summed E-state index contributed by atoms with van der Waals surface area (Å²) in [5.74, 6) is -2.93. The first-order chi connectivity index (χ1) is 14.0. The molecule has 0 aliphatic heterocycles. The Kier molecular flexibility index (Phi) is 4.84. The maximum atomic E-state index is 13.6. The molecule has 29 heavy (non-hydrogen) atoms. The summed E-state index contributed by atoms with van der Waals surface area (Å²) in [4.78, 5) is 25.0. The molecule has 0 atom stereocenters. The van der Waals surface area contributed by atoms with Crippen molar-refractivity contribution in [3.05, 3.63) is 82.2 Å². The lowest BCUT2D eigenvalue weighted by molar-refractivity contribution is 0.0842. The number of aryl methyl sites for hydroxylation is 1. The third-order valence-electron chi connectivity index (χ3n) is 4.97. The molecule has 1 heterocycles. The fourth-order valence-corrected chi connectivity index (χ4v) is 3.52. The van der Waals surface area contributed by atoms with Gasteiger partial charge in [-0.3, -0.25) is 20.4 Å². The molecular weight excluding hydrogens is 378 g/mol. The number of rotatable bonds is 3. The maximum Gasteiger partial charge on any atom is 0.290 e. The molecular formula is C21H18F2N4O2. The summed E-state index contributed by atoms with van der Waals surface area (Å²) in [5, 5.41) is 4.31. The van der Waals surface area contributed by atoms with Crippen LogP contribution in [0.25, 0.3) is 5.69 Å². The molecule has 1 aromatic heterocycles. The minimum Gasteiger partial charge on any atom is -0.267 e. The summed E-state index contributed by atoms with van der Waals surface area (Å²) in [6, 6.07) is 10.5. The van der Waals surface area contributed by atoms with Crippen LogP contribution in [-0.4, -0.2) is 21.6 Å². The minimum absolute atomic E-state index is 0.160. The second kappa shape index (κ2) is 7.46. The quantitative estimate of drug-likeness (QED) is 0.669. The van der Waals surface area contributed by atoms with Crippen LogP contribution in [0.15, 0.2) is 42.5 Å². The topological polar surface area (TPSA) is 76.0 Å². The number of halogens is 2. The summed E-state index contributed by atoms with van der Waals surface area (Å²) in [7, 11) is 0. The van der Waals surface area contributed by atoms with E-state index in [0.717, 1.165) is 35.4 Å². The van der Waals surface area contributed by atoms with Crippen LogP contribution in [-0.2, 0) is 12.8 Å². The molecule has 0 saturated carbocycles. The Labute approximate surface area is 165 Å². The molecule has 0 radical (unpaired) electrons. The van der Waals surface area contributed by atoms with E-state index in [9.17, 15) is 18.4 Å². The molecule has 2 N–H and O–H groups in total. The zero-order valence-electron chi connectivity index (χ0n) is 15.6. The Morgan fingerprint density at radius 1 is 1.00 bits per heavy atom. The number of carbonyl (C=O) groups excluding carboxylic acids is 2. The highest BCUT2D eigenvalue weighted by Crippen LogP contribution is 2.28. The number of hydrazine groups is 1. The van der Waals surface area contributed by atoms with Gasteiger partial charge in [0, 0.05) is 22.9 Å². The number of hydrogen-bond acceptors (Lipinski definition) is 3. The molecule has 4 rings (SSSR count). The van der Waals surface area contributed by atoms with E-state index in [2.05, 4.69) is 16.0 Å². The minimum atomic E-state index is -0.985. The zero-order chi connectivity index (χ0) is 20.5. The van der Waals surface area contributed by atoms with Gasteiger partial charge in [0.25, 0.3) is 11.8 Å². The lowest BCUT2D eigenvalue weighted by Crippen LogP contribution is -2.42. The third-order valence-corrected chi connectivity index (χ3v) is 4.97. The van der Waals surface area contributed by atoms with Crippen LogP contribution in [0.1, 0.15) is 44.1 Å². The molecule has 0 bridgehead atoms. The van der Waals surface area contributed by atoms with Gasteiger partial charge in [-0.2, -0.15) is 5.10 Å². The highest BCUT2D eigenvalue weighted by atomic mass is 19.2. The summed E-state index contributed by atoms with van der Waals surface area (Å²) >= 11 is 0. The van der Waals surface area contributed by atoms with Crippen molar-refractivity contribution in [3.8, 4) is 5.69 Å². The van der Waals surface area contributed by atoms with Crippen LogP contribution in [0.2, 0.25) is 0 Å². The largest absolute Gasteiger partial charge is 0.290 e. The Morgan fingerprint density at radius 3 is 2.52 bits per heavy atom. The number of aromatic nitrogens is 2. The molecule has 6 nitrogen and oxygen atoms in total. The Morgan fingerprint density at radius 2 is 1.76 bits per heavy atom. The standard InChI is InChI=1S/C21H18F2N4O2/c1-12-5-2-3-6-14(12)20(28)24-25-21(29)19-15-7-4-8-18(15)27(26-19)13-9-10-16(22)17(23)11-13/h2-3,5-6,9-11H,4,7-8H2,1H3,(H,24,28)(H,25,29). The van der Waals surface area contributed by atoms with E-state index in [1.807, 2.05) is 6.07 Å². The van der Waals surface area contributed by atoms with E-state index < -0.39 is 23.4 Å². The van der Waals surface area contributed by atoms with E-state index in [1.54, 1.807) is 25.1 Å². The number of amides is 2. The number of hydrogen-bond donors (Lipinski definition) is 2. The first-order valence-corrected chi connectivity index (χ1v) is 9.18. The average Bonchev–Trinajstić information content (AvgIpc) is 3.31. The molecule has 2 aromatic carbocycles. The van der Waals surface area contributed by atoms with Gasteiger partial charge in [-0.05, 0) is 49.9 Å². The van der Waals surface area contributed by atoms with Gasteiger partial charge in [-0.1, -0.05) is 18.2 Å². The van der Waals surface area contributed by atoms with Crippen molar-refractivity contribution < 1.29 is 18.4 Å². The highest BCUT2D eigenvalue weighted by Gasteiger charge is 2.27. The lowest BCUT2D eigenvalue weighted by Gasteiger charge is -2.08. The van der Waals surface area contributed by atoms with Crippen molar-refractivity contribution in [2.24, 2.45) is 0 Å². The number of benzene rings is 2. The maximum absolute atomic E-state index is 13.6. The van der Waals surface area contributed by atoms with Crippen molar-refractivity contribution in [1.29, 1.82) is 0 Å². The van der Waals surface area contributed by atoms with Crippen molar-refractivity contribution in [2.75, 3.05) is 0 Å². The SMILES string of the molecule is Cc1ccccc1C(=O)NNC(=O)c1nn(-c2ccc(F)c(F)c2)c2c1CCC2. The summed E-state index contributed by atoms with van der Waals surface area (Å²) in [6.45, 7) is 1.80. The smallest absolute Gasteiger partial charge is 0.267 e. The summed E-state index contributed by atoms with van der Waals surface area (Å²) in [5.41, 5.74) is 8.05. The van der Waals surface area contributed by atoms with Crippen LogP contribution in [0, 0.1) is 18.6 Å².